The van der Waals surface area contributed by atoms with Crippen LogP contribution in [0.2, 0.25) is 0 Å². The Morgan fingerprint density at radius 2 is 1.60 bits per heavy atom. The third-order valence-corrected chi connectivity index (χ3v) is 3.99. The van der Waals surface area contributed by atoms with E-state index in [1.54, 1.807) is 0 Å². The van der Waals surface area contributed by atoms with E-state index in [1.165, 1.54) is 5.56 Å². The van der Waals surface area contributed by atoms with Gasteiger partial charge in [0.25, 0.3) is 0 Å². The Bertz CT molecular complexity index is 759. The topological polar surface area (TPSA) is 41.5 Å². The molecule has 1 unspecified atom stereocenters. The molecule has 0 amide bonds. The van der Waals surface area contributed by atoms with Crippen LogP contribution in [0.25, 0.3) is 10.8 Å². The lowest BCUT2D eigenvalue weighted by Crippen LogP contribution is -2.32. The van der Waals surface area contributed by atoms with Crippen LogP contribution in [0.4, 0.5) is 0 Å². The molecule has 0 bridgehead atoms. The van der Waals surface area contributed by atoms with Crippen molar-refractivity contribution in [2.75, 3.05) is 19.7 Å². The minimum atomic E-state index is -0.528. The number of ether oxygens (including phenoxy) is 1. The molecule has 132 valence electrons. The summed E-state index contributed by atoms with van der Waals surface area (Å²) in [5.41, 5.74) is 1.30. The van der Waals surface area contributed by atoms with Gasteiger partial charge in [-0.1, -0.05) is 66.7 Å². The lowest BCUT2D eigenvalue weighted by atomic mass is 10.1. The smallest absolute Gasteiger partial charge is 0.127 e. The molecule has 3 nitrogen and oxygen atoms in total. The van der Waals surface area contributed by atoms with Crippen LogP contribution in [0, 0.1) is 0 Å². The Morgan fingerprint density at radius 3 is 2.44 bits per heavy atom. The summed E-state index contributed by atoms with van der Waals surface area (Å²) in [5, 5.41) is 15.6. The van der Waals surface area contributed by atoms with Crippen LogP contribution in [-0.2, 0) is 6.42 Å². The highest BCUT2D eigenvalue weighted by molar-refractivity contribution is 5.88. The predicted octanol–water partition coefficient (Wildman–Crippen LogP) is 3.83. The van der Waals surface area contributed by atoms with E-state index in [0.29, 0.717) is 6.54 Å². The zero-order valence-corrected chi connectivity index (χ0v) is 14.9. The van der Waals surface area contributed by atoms with Gasteiger partial charge in [0.2, 0.25) is 0 Å². The molecular formula is C21H24ClNO2. The lowest BCUT2D eigenvalue weighted by molar-refractivity contribution is 0.107. The molecular weight excluding hydrogens is 334 g/mol. The molecule has 0 aliphatic carbocycles. The Morgan fingerprint density at radius 1 is 0.880 bits per heavy atom. The zero-order valence-electron chi connectivity index (χ0n) is 14.1. The summed E-state index contributed by atoms with van der Waals surface area (Å²) < 4.78 is 5.81. The van der Waals surface area contributed by atoms with Crippen molar-refractivity contribution in [2.45, 2.75) is 12.5 Å². The van der Waals surface area contributed by atoms with Crippen LogP contribution in [0.15, 0.2) is 72.8 Å². The van der Waals surface area contributed by atoms with Gasteiger partial charge >= 0.3 is 0 Å². The normalized spacial score (nSPS) is 11.7. The van der Waals surface area contributed by atoms with Crippen molar-refractivity contribution >= 4 is 23.2 Å². The highest BCUT2D eigenvalue weighted by atomic mass is 35.5. The minimum Gasteiger partial charge on any atom is -0.490 e. The number of halogens is 1. The van der Waals surface area contributed by atoms with Gasteiger partial charge in [-0.25, -0.2) is 0 Å². The molecule has 0 saturated carbocycles. The summed E-state index contributed by atoms with van der Waals surface area (Å²) in [4.78, 5) is 0. The molecule has 4 heteroatoms. The average Bonchev–Trinajstić information content (AvgIpc) is 2.64. The monoisotopic (exact) mass is 357 g/mol. The largest absolute Gasteiger partial charge is 0.490 e. The van der Waals surface area contributed by atoms with Crippen molar-refractivity contribution in [3.8, 4) is 5.75 Å². The quantitative estimate of drug-likeness (QED) is 0.602. The number of hydrogen-bond acceptors (Lipinski definition) is 3. The number of fused-ring (bicyclic) bond motifs is 1. The summed E-state index contributed by atoms with van der Waals surface area (Å²) in [6, 6.07) is 24.4. The average molecular weight is 358 g/mol. The maximum absolute atomic E-state index is 10.1. The molecule has 3 aromatic carbocycles. The fourth-order valence-corrected chi connectivity index (χ4v) is 2.71. The summed E-state index contributed by atoms with van der Waals surface area (Å²) >= 11 is 0. The Labute approximate surface area is 155 Å². The van der Waals surface area contributed by atoms with E-state index in [0.717, 1.165) is 29.5 Å². The molecule has 0 spiro atoms. The molecule has 25 heavy (non-hydrogen) atoms. The van der Waals surface area contributed by atoms with Gasteiger partial charge in [-0.3, -0.25) is 0 Å². The van der Waals surface area contributed by atoms with Gasteiger partial charge in [-0.15, -0.1) is 12.4 Å². The van der Waals surface area contributed by atoms with Crippen LogP contribution < -0.4 is 10.1 Å². The van der Waals surface area contributed by atoms with Crippen molar-refractivity contribution in [1.29, 1.82) is 0 Å². The van der Waals surface area contributed by atoms with E-state index in [-0.39, 0.29) is 19.0 Å². The standard InChI is InChI=1S/C21H23NO2.ClH/c23-19(15-22-14-13-17-7-2-1-3-8-17)16-24-21-12-6-10-18-9-4-5-11-20(18)21;/h1-12,19,22-23H,13-16H2;1H. The second-order valence-electron chi connectivity index (χ2n) is 5.88. The fourth-order valence-electron chi connectivity index (χ4n) is 2.71. The number of aliphatic hydroxyl groups excluding tert-OH is 1. The molecule has 0 saturated heterocycles. The molecule has 0 heterocycles. The number of rotatable bonds is 8. The predicted molar refractivity (Wildman–Crippen MR) is 106 cm³/mol. The second kappa shape index (κ2) is 10.0. The SMILES string of the molecule is Cl.OC(CNCCc1ccccc1)COc1cccc2ccccc12. The van der Waals surface area contributed by atoms with Gasteiger partial charge < -0.3 is 15.2 Å². The van der Waals surface area contributed by atoms with E-state index in [2.05, 4.69) is 29.6 Å². The second-order valence-corrected chi connectivity index (χ2v) is 5.88. The van der Waals surface area contributed by atoms with E-state index in [4.69, 9.17) is 4.74 Å². The molecule has 3 aromatic rings. The van der Waals surface area contributed by atoms with Crippen LogP contribution in [0.5, 0.6) is 5.75 Å². The van der Waals surface area contributed by atoms with Gasteiger partial charge in [0.05, 0.1) is 0 Å². The van der Waals surface area contributed by atoms with Crippen molar-refractivity contribution in [1.82, 2.24) is 5.32 Å². The van der Waals surface area contributed by atoms with Crippen molar-refractivity contribution < 1.29 is 9.84 Å². The highest BCUT2D eigenvalue weighted by Crippen LogP contribution is 2.25. The first-order valence-corrected chi connectivity index (χ1v) is 8.36. The molecule has 1 atom stereocenters. The Balaban J connectivity index is 0.00000225. The third kappa shape index (κ3) is 5.75. The van der Waals surface area contributed by atoms with Gasteiger partial charge in [0.1, 0.15) is 18.5 Å². The van der Waals surface area contributed by atoms with Gasteiger partial charge in [-0.2, -0.15) is 0 Å². The minimum absolute atomic E-state index is 0. The Kier molecular flexibility index (Phi) is 7.74. The van der Waals surface area contributed by atoms with Crippen LogP contribution in [-0.4, -0.2) is 30.9 Å². The molecule has 0 radical (unpaired) electrons. The summed E-state index contributed by atoms with van der Waals surface area (Å²) in [5.74, 6) is 0.816. The molecule has 0 aromatic heterocycles. The van der Waals surface area contributed by atoms with Crippen LogP contribution >= 0.6 is 12.4 Å². The third-order valence-electron chi connectivity index (χ3n) is 3.99. The van der Waals surface area contributed by atoms with Crippen LogP contribution in [0.3, 0.4) is 0 Å². The van der Waals surface area contributed by atoms with Crippen LogP contribution in [0.1, 0.15) is 5.56 Å². The number of benzene rings is 3. The summed E-state index contributed by atoms with van der Waals surface area (Å²) in [7, 11) is 0. The first-order chi connectivity index (χ1) is 11.8. The first kappa shape index (κ1) is 19.3. The van der Waals surface area contributed by atoms with Crippen molar-refractivity contribution in [3.05, 3.63) is 78.4 Å². The molecule has 0 aliphatic rings. The van der Waals surface area contributed by atoms with Gasteiger partial charge in [0, 0.05) is 11.9 Å². The molecule has 2 N–H and O–H groups in total. The zero-order chi connectivity index (χ0) is 16.6. The molecule has 3 rings (SSSR count). The van der Waals surface area contributed by atoms with E-state index in [1.807, 2.05) is 48.5 Å². The van der Waals surface area contributed by atoms with Gasteiger partial charge in [0.15, 0.2) is 0 Å². The lowest BCUT2D eigenvalue weighted by Gasteiger charge is -2.14. The highest BCUT2D eigenvalue weighted by Gasteiger charge is 2.07. The Hall–Kier alpha value is -2.07. The molecule has 0 aliphatic heterocycles. The number of aliphatic hydroxyl groups is 1. The van der Waals surface area contributed by atoms with Crippen molar-refractivity contribution in [3.63, 3.8) is 0 Å². The first-order valence-electron chi connectivity index (χ1n) is 8.36. The van der Waals surface area contributed by atoms with E-state index >= 15 is 0 Å². The summed E-state index contributed by atoms with van der Waals surface area (Å²) in [6.45, 7) is 1.65. The van der Waals surface area contributed by atoms with Crippen molar-refractivity contribution in [2.24, 2.45) is 0 Å². The number of hydrogen-bond donors (Lipinski definition) is 2. The van der Waals surface area contributed by atoms with Gasteiger partial charge in [-0.05, 0) is 30.0 Å². The maximum Gasteiger partial charge on any atom is 0.127 e. The summed E-state index contributed by atoms with van der Waals surface area (Å²) in [6.07, 6.45) is 0.428. The maximum atomic E-state index is 10.1. The molecule has 0 fully saturated rings. The number of nitrogens with one attached hydrogen (secondary N) is 1. The fraction of sp³-hybridized carbons (Fsp3) is 0.238. The van der Waals surface area contributed by atoms with E-state index in [9.17, 15) is 5.11 Å². The van der Waals surface area contributed by atoms with E-state index < -0.39 is 6.10 Å².